The van der Waals surface area contributed by atoms with Gasteiger partial charge in [0.25, 0.3) is 0 Å². The summed E-state index contributed by atoms with van der Waals surface area (Å²) in [5.41, 5.74) is 2.91. The van der Waals surface area contributed by atoms with E-state index in [0.717, 1.165) is 6.54 Å². The molecule has 2 aromatic rings. The van der Waals surface area contributed by atoms with Crippen LogP contribution >= 0.6 is 0 Å². The molecular formula is C17H25N. The predicted molar refractivity (Wildman–Crippen MR) is 80.0 cm³/mol. The smallest absolute Gasteiger partial charge is 0.0482 e. The number of nitrogens with zero attached hydrogens (tertiary/aromatic N) is 1. The van der Waals surface area contributed by atoms with E-state index in [1.54, 1.807) is 0 Å². The van der Waals surface area contributed by atoms with Crippen LogP contribution in [0.4, 0.5) is 0 Å². The van der Waals surface area contributed by atoms with Crippen molar-refractivity contribution in [3.63, 3.8) is 0 Å². The van der Waals surface area contributed by atoms with Gasteiger partial charge in [-0.1, -0.05) is 51.8 Å². The number of para-hydroxylation sites is 1. The molecule has 0 amide bonds. The number of hydrogen-bond acceptors (Lipinski definition) is 0. The molecular weight excluding hydrogens is 218 g/mol. The molecule has 0 saturated carbocycles. The maximum Gasteiger partial charge on any atom is 0.0482 e. The third-order valence-electron chi connectivity index (χ3n) is 3.48. The average molecular weight is 243 g/mol. The van der Waals surface area contributed by atoms with Crippen molar-refractivity contribution in [1.29, 1.82) is 0 Å². The first-order chi connectivity index (χ1) is 8.72. The van der Waals surface area contributed by atoms with Crippen LogP contribution in [0.2, 0.25) is 0 Å². The molecule has 1 nitrogen and oxygen atoms in total. The highest BCUT2D eigenvalue weighted by molar-refractivity contribution is 5.81. The van der Waals surface area contributed by atoms with Gasteiger partial charge in [0.15, 0.2) is 0 Å². The van der Waals surface area contributed by atoms with Gasteiger partial charge in [-0.25, -0.2) is 0 Å². The minimum atomic E-state index is 0.700. The zero-order chi connectivity index (χ0) is 13.0. The molecule has 98 valence electrons. The highest BCUT2D eigenvalue weighted by atomic mass is 15.0. The number of fused-ring (bicyclic) bond motifs is 1. The van der Waals surface area contributed by atoms with Crippen LogP contribution in [0.1, 0.15) is 45.7 Å². The molecule has 2 rings (SSSR count). The van der Waals surface area contributed by atoms with Crippen LogP contribution < -0.4 is 0 Å². The van der Waals surface area contributed by atoms with Gasteiger partial charge in [0.05, 0.1) is 0 Å². The molecule has 0 bridgehead atoms. The van der Waals surface area contributed by atoms with Crippen molar-refractivity contribution in [3.05, 3.63) is 36.0 Å². The summed E-state index contributed by atoms with van der Waals surface area (Å²) in [6.45, 7) is 7.99. The number of rotatable bonds is 6. The summed E-state index contributed by atoms with van der Waals surface area (Å²) >= 11 is 0. The summed E-state index contributed by atoms with van der Waals surface area (Å²) in [7, 11) is 0. The van der Waals surface area contributed by atoms with Crippen molar-refractivity contribution in [3.8, 4) is 0 Å². The molecule has 0 spiro atoms. The Morgan fingerprint density at radius 2 is 1.89 bits per heavy atom. The highest BCUT2D eigenvalue weighted by Gasteiger charge is 2.09. The van der Waals surface area contributed by atoms with E-state index in [0.29, 0.717) is 5.92 Å². The van der Waals surface area contributed by atoms with Crippen LogP contribution in [0.5, 0.6) is 0 Å². The predicted octanol–water partition coefficient (Wildman–Crippen LogP) is 5.03. The standard InChI is InChI=1S/C17H25N/c1-4-5-6-10-16-12-15-9-7-8-11-17(15)18(16)13-14(2)3/h7-9,11-12,14H,4-6,10,13H2,1-3H3. The molecule has 1 heteroatoms. The third-order valence-corrected chi connectivity index (χ3v) is 3.48. The lowest BCUT2D eigenvalue weighted by Gasteiger charge is -2.13. The Bertz CT molecular complexity index is 493. The van der Waals surface area contributed by atoms with Gasteiger partial charge in [-0.15, -0.1) is 0 Å². The number of hydrogen-bond donors (Lipinski definition) is 0. The Morgan fingerprint density at radius 3 is 2.61 bits per heavy atom. The fraction of sp³-hybridized carbons (Fsp3) is 0.529. The second-order valence-electron chi connectivity index (χ2n) is 5.66. The summed E-state index contributed by atoms with van der Waals surface area (Å²) in [6, 6.07) is 11.1. The Kier molecular flexibility index (Phi) is 4.46. The number of benzene rings is 1. The van der Waals surface area contributed by atoms with E-state index in [1.807, 2.05) is 0 Å². The Hall–Kier alpha value is -1.24. The first-order valence-corrected chi connectivity index (χ1v) is 7.29. The van der Waals surface area contributed by atoms with E-state index in [-0.39, 0.29) is 0 Å². The van der Waals surface area contributed by atoms with Gasteiger partial charge in [0, 0.05) is 17.8 Å². The quantitative estimate of drug-likeness (QED) is 0.627. The molecule has 0 aliphatic carbocycles. The molecule has 0 aliphatic rings. The summed E-state index contributed by atoms with van der Waals surface area (Å²) in [6.07, 6.45) is 5.16. The molecule has 0 saturated heterocycles. The second kappa shape index (κ2) is 6.08. The highest BCUT2D eigenvalue weighted by Crippen LogP contribution is 2.22. The van der Waals surface area contributed by atoms with Gasteiger partial charge >= 0.3 is 0 Å². The van der Waals surface area contributed by atoms with E-state index in [1.165, 1.54) is 42.3 Å². The molecule has 0 radical (unpaired) electrons. The van der Waals surface area contributed by atoms with Crippen molar-refractivity contribution in [2.45, 2.75) is 53.0 Å². The van der Waals surface area contributed by atoms with Gasteiger partial charge < -0.3 is 4.57 Å². The van der Waals surface area contributed by atoms with Crippen LogP contribution in [0.15, 0.2) is 30.3 Å². The normalized spacial score (nSPS) is 11.6. The second-order valence-corrected chi connectivity index (χ2v) is 5.66. The Balaban J connectivity index is 2.30. The topological polar surface area (TPSA) is 4.93 Å². The zero-order valence-corrected chi connectivity index (χ0v) is 11.9. The third kappa shape index (κ3) is 2.95. The number of aromatic nitrogens is 1. The van der Waals surface area contributed by atoms with Crippen LogP contribution in [0.25, 0.3) is 10.9 Å². The molecule has 0 aliphatic heterocycles. The van der Waals surface area contributed by atoms with E-state index < -0.39 is 0 Å². The summed E-state index contributed by atoms with van der Waals surface area (Å²) in [5.74, 6) is 0.700. The van der Waals surface area contributed by atoms with Crippen molar-refractivity contribution >= 4 is 10.9 Å². The zero-order valence-electron chi connectivity index (χ0n) is 11.9. The average Bonchev–Trinajstić information content (AvgIpc) is 2.68. The molecule has 0 fully saturated rings. The van der Waals surface area contributed by atoms with E-state index in [2.05, 4.69) is 55.7 Å². The van der Waals surface area contributed by atoms with Crippen LogP contribution in [-0.2, 0) is 13.0 Å². The molecule has 0 unspecified atom stereocenters. The molecule has 1 heterocycles. The Labute approximate surface area is 111 Å². The molecule has 1 aromatic heterocycles. The minimum absolute atomic E-state index is 0.700. The van der Waals surface area contributed by atoms with Crippen LogP contribution in [0.3, 0.4) is 0 Å². The van der Waals surface area contributed by atoms with Gasteiger partial charge in [-0.2, -0.15) is 0 Å². The summed E-state index contributed by atoms with van der Waals surface area (Å²) < 4.78 is 2.52. The first kappa shape index (κ1) is 13.2. The maximum absolute atomic E-state index is 2.52. The molecule has 0 atom stereocenters. The fourth-order valence-electron chi connectivity index (χ4n) is 2.61. The lowest BCUT2D eigenvalue weighted by molar-refractivity contribution is 0.517. The van der Waals surface area contributed by atoms with Crippen molar-refractivity contribution in [2.24, 2.45) is 5.92 Å². The lowest BCUT2D eigenvalue weighted by Crippen LogP contribution is -2.07. The van der Waals surface area contributed by atoms with E-state index in [9.17, 15) is 0 Å². The van der Waals surface area contributed by atoms with E-state index in [4.69, 9.17) is 0 Å². The monoisotopic (exact) mass is 243 g/mol. The van der Waals surface area contributed by atoms with Crippen LogP contribution in [0, 0.1) is 5.92 Å². The van der Waals surface area contributed by atoms with E-state index >= 15 is 0 Å². The fourth-order valence-corrected chi connectivity index (χ4v) is 2.61. The van der Waals surface area contributed by atoms with Gasteiger partial charge in [0.2, 0.25) is 0 Å². The summed E-state index contributed by atoms with van der Waals surface area (Å²) in [4.78, 5) is 0. The first-order valence-electron chi connectivity index (χ1n) is 7.29. The lowest BCUT2D eigenvalue weighted by atomic mass is 10.1. The van der Waals surface area contributed by atoms with Crippen LogP contribution in [-0.4, -0.2) is 4.57 Å². The van der Waals surface area contributed by atoms with Crippen molar-refractivity contribution in [1.82, 2.24) is 4.57 Å². The Morgan fingerprint density at radius 1 is 1.11 bits per heavy atom. The molecule has 18 heavy (non-hydrogen) atoms. The number of unbranched alkanes of at least 4 members (excludes halogenated alkanes) is 2. The van der Waals surface area contributed by atoms with Gasteiger partial charge in [-0.3, -0.25) is 0 Å². The van der Waals surface area contributed by atoms with Crippen molar-refractivity contribution < 1.29 is 0 Å². The van der Waals surface area contributed by atoms with Crippen molar-refractivity contribution in [2.75, 3.05) is 0 Å². The largest absolute Gasteiger partial charge is 0.344 e. The minimum Gasteiger partial charge on any atom is -0.344 e. The van der Waals surface area contributed by atoms with Gasteiger partial charge in [0.1, 0.15) is 0 Å². The number of aryl methyl sites for hydroxylation is 1. The maximum atomic E-state index is 2.52. The molecule has 1 aromatic carbocycles. The summed E-state index contributed by atoms with van der Waals surface area (Å²) in [5, 5.41) is 1.39. The SMILES string of the molecule is CCCCCc1cc2ccccc2n1CC(C)C. The molecule has 0 N–H and O–H groups in total. The van der Waals surface area contributed by atoms with Gasteiger partial charge in [-0.05, 0) is 36.3 Å².